The molecule has 2 fully saturated rings. The number of piperidine rings is 1. The van der Waals surface area contributed by atoms with E-state index in [2.05, 4.69) is 20.4 Å². The highest BCUT2D eigenvalue weighted by Gasteiger charge is 2.27. The van der Waals surface area contributed by atoms with Gasteiger partial charge in [0.1, 0.15) is 5.82 Å². The number of nitrogens with one attached hydrogen (secondary N) is 2. The molecule has 0 bridgehead atoms. The third-order valence-electron chi connectivity index (χ3n) is 5.08. The molecule has 26 heavy (non-hydrogen) atoms. The summed E-state index contributed by atoms with van der Waals surface area (Å²) in [7, 11) is 0. The molecule has 0 radical (unpaired) electrons. The minimum Gasteiger partial charge on any atom is -0.369 e. The zero-order valence-electron chi connectivity index (χ0n) is 15.1. The number of hydrogen-bond donors (Lipinski definition) is 2. The number of benzene rings is 1. The van der Waals surface area contributed by atoms with Gasteiger partial charge in [-0.1, -0.05) is 0 Å². The molecule has 1 aromatic rings. The van der Waals surface area contributed by atoms with E-state index in [-0.39, 0.29) is 48.6 Å². The van der Waals surface area contributed by atoms with Gasteiger partial charge < -0.3 is 15.5 Å². The van der Waals surface area contributed by atoms with Gasteiger partial charge in [0.15, 0.2) is 0 Å². The summed E-state index contributed by atoms with van der Waals surface area (Å²) in [5, 5.41) is 6.49. The van der Waals surface area contributed by atoms with Crippen molar-refractivity contribution in [1.29, 1.82) is 0 Å². The Labute approximate surface area is 167 Å². The lowest BCUT2D eigenvalue weighted by molar-refractivity contribution is -0.126. The first-order valence-electron chi connectivity index (χ1n) is 8.89. The normalized spacial score (nSPS) is 21.9. The monoisotopic (exact) mass is 406 g/mol. The Balaban J connectivity index is 0.00000169. The van der Waals surface area contributed by atoms with Crippen molar-refractivity contribution in [1.82, 2.24) is 15.5 Å². The maximum atomic E-state index is 13.0. The van der Waals surface area contributed by atoms with Gasteiger partial charge in [-0.3, -0.25) is 9.69 Å². The molecule has 2 heterocycles. The van der Waals surface area contributed by atoms with Gasteiger partial charge in [0.05, 0.1) is 6.04 Å². The van der Waals surface area contributed by atoms with Gasteiger partial charge in [-0.15, -0.1) is 24.8 Å². The van der Waals surface area contributed by atoms with Crippen molar-refractivity contribution in [2.45, 2.75) is 31.8 Å². The highest BCUT2D eigenvalue weighted by atomic mass is 35.5. The van der Waals surface area contributed by atoms with Crippen molar-refractivity contribution in [3.63, 3.8) is 0 Å². The highest BCUT2D eigenvalue weighted by molar-refractivity contribution is 5.85. The number of anilines is 1. The molecular formula is C18H29Cl2FN4O. The van der Waals surface area contributed by atoms with E-state index in [1.165, 1.54) is 12.1 Å². The molecule has 3 rings (SSSR count). The van der Waals surface area contributed by atoms with Gasteiger partial charge in [0, 0.05) is 44.5 Å². The number of amides is 1. The van der Waals surface area contributed by atoms with Crippen LogP contribution in [0.15, 0.2) is 24.3 Å². The molecule has 5 nitrogen and oxygen atoms in total. The topological polar surface area (TPSA) is 47.6 Å². The second-order valence-electron chi connectivity index (χ2n) is 6.73. The van der Waals surface area contributed by atoms with Crippen molar-refractivity contribution in [3.8, 4) is 0 Å². The maximum Gasteiger partial charge on any atom is 0.237 e. The Bertz CT molecular complexity index is 547. The molecular weight excluding hydrogens is 378 g/mol. The van der Waals surface area contributed by atoms with Gasteiger partial charge in [-0.2, -0.15) is 0 Å². The second kappa shape index (κ2) is 10.9. The Morgan fingerprint density at radius 2 is 1.85 bits per heavy atom. The molecule has 2 N–H and O–H groups in total. The minimum atomic E-state index is -0.208. The summed E-state index contributed by atoms with van der Waals surface area (Å²) < 4.78 is 13.0. The van der Waals surface area contributed by atoms with Crippen LogP contribution in [0, 0.1) is 5.82 Å². The van der Waals surface area contributed by atoms with Crippen LogP contribution >= 0.6 is 24.8 Å². The molecule has 8 heteroatoms. The standard InChI is InChI=1S/C18H27FN4O.2ClH/c1-14(18(24)21-16-3-2-8-20-13-16)22-9-11-23(12-10-22)17-6-4-15(19)5-7-17;;/h4-7,14,16,20H,2-3,8-13H2,1H3,(H,21,24);2*1H/t14?,16-;;/m0../s1. The van der Waals surface area contributed by atoms with E-state index < -0.39 is 0 Å². The maximum absolute atomic E-state index is 13.0. The van der Waals surface area contributed by atoms with E-state index in [1.54, 1.807) is 0 Å². The fourth-order valence-corrected chi connectivity index (χ4v) is 3.48. The van der Waals surface area contributed by atoms with E-state index in [4.69, 9.17) is 0 Å². The van der Waals surface area contributed by atoms with E-state index in [1.807, 2.05) is 19.1 Å². The first-order chi connectivity index (χ1) is 11.6. The molecule has 0 saturated carbocycles. The zero-order valence-corrected chi connectivity index (χ0v) is 16.8. The second-order valence-corrected chi connectivity index (χ2v) is 6.73. The van der Waals surface area contributed by atoms with Crippen LogP contribution in [0.4, 0.5) is 10.1 Å². The fraction of sp³-hybridized carbons (Fsp3) is 0.611. The molecule has 1 aromatic carbocycles. The number of carbonyl (C=O) groups excluding carboxylic acids is 1. The summed E-state index contributed by atoms with van der Waals surface area (Å²) in [4.78, 5) is 16.9. The summed E-state index contributed by atoms with van der Waals surface area (Å²) in [5.74, 6) is -0.0844. The summed E-state index contributed by atoms with van der Waals surface area (Å²) in [6, 6.07) is 6.77. The number of carbonyl (C=O) groups is 1. The summed E-state index contributed by atoms with van der Waals surface area (Å²) in [6.07, 6.45) is 2.18. The van der Waals surface area contributed by atoms with Gasteiger partial charge in [0.25, 0.3) is 0 Å². The Morgan fingerprint density at radius 1 is 1.19 bits per heavy atom. The van der Waals surface area contributed by atoms with E-state index in [9.17, 15) is 9.18 Å². The molecule has 1 amide bonds. The third-order valence-corrected chi connectivity index (χ3v) is 5.08. The van der Waals surface area contributed by atoms with Gasteiger partial charge in [-0.25, -0.2) is 4.39 Å². The van der Waals surface area contributed by atoms with Gasteiger partial charge >= 0.3 is 0 Å². The predicted molar refractivity (Wildman–Crippen MR) is 108 cm³/mol. The summed E-state index contributed by atoms with van der Waals surface area (Å²) in [6.45, 7) is 7.30. The lowest BCUT2D eigenvalue weighted by Gasteiger charge is -2.39. The zero-order chi connectivity index (χ0) is 16.9. The molecule has 148 valence electrons. The van der Waals surface area contributed by atoms with Crippen molar-refractivity contribution < 1.29 is 9.18 Å². The molecule has 0 aliphatic carbocycles. The molecule has 2 aliphatic heterocycles. The SMILES string of the molecule is CC(C(=O)N[C@H]1CCCNC1)N1CCN(c2ccc(F)cc2)CC1.Cl.Cl. The van der Waals surface area contributed by atoms with Crippen LogP contribution in [-0.2, 0) is 4.79 Å². The van der Waals surface area contributed by atoms with Crippen LogP contribution in [0.3, 0.4) is 0 Å². The number of rotatable bonds is 4. The highest BCUT2D eigenvalue weighted by Crippen LogP contribution is 2.18. The molecule has 0 aromatic heterocycles. The minimum absolute atomic E-state index is 0. The van der Waals surface area contributed by atoms with Crippen LogP contribution in [0.5, 0.6) is 0 Å². The third kappa shape index (κ3) is 5.98. The van der Waals surface area contributed by atoms with Crippen molar-refractivity contribution in [3.05, 3.63) is 30.1 Å². The Morgan fingerprint density at radius 3 is 2.42 bits per heavy atom. The van der Waals surface area contributed by atoms with E-state index in [0.717, 1.165) is 57.8 Å². The lowest BCUT2D eigenvalue weighted by Crippen LogP contribution is -2.56. The van der Waals surface area contributed by atoms with E-state index in [0.29, 0.717) is 0 Å². The van der Waals surface area contributed by atoms with Gasteiger partial charge in [-0.05, 0) is 50.6 Å². The van der Waals surface area contributed by atoms with Crippen LogP contribution in [-0.4, -0.2) is 62.2 Å². The number of hydrogen-bond acceptors (Lipinski definition) is 4. The van der Waals surface area contributed by atoms with Crippen LogP contribution in [0.2, 0.25) is 0 Å². The molecule has 2 aliphatic rings. The number of halogens is 3. The van der Waals surface area contributed by atoms with Crippen molar-refractivity contribution >= 4 is 36.4 Å². The van der Waals surface area contributed by atoms with E-state index >= 15 is 0 Å². The predicted octanol–water partition coefficient (Wildman–Crippen LogP) is 2.05. The first-order valence-corrected chi connectivity index (χ1v) is 8.89. The average molecular weight is 407 g/mol. The molecule has 1 unspecified atom stereocenters. The largest absolute Gasteiger partial charge is 0.369 e. The molecule has 2 atom stereocenters. The van der Waals surface area contributed by atoms with Crippen LogP contribution in [0.25, 0.3) is 0 Å². The smallest absolute Gasteiger partial charge is 0.237 e. The van der Waals surface area contributed by atoms with Crippen LogP contribution in [0.1, 0.15) is 19.8 Å². The Kier molecular flexibility index (Phi) is 9.64. The fourth-order valence-electron chi connectivity index (χ4n) is 3.48. The average Bonchev–Trinajstić information content (AvgIpc) is 2.63. The summed E-state index contributed by atoms with van der Waals surface area (Å²) >= 11 is 0. The van der Waals surface area contributed by atoms with Crippen molar-refractivity contribution in [2.75, 3.05) is 44.2 Å². The first kappa shape index (κ1) is 23.0. The molecule has 2 saturated heterocycles. The Hall–Kier alpha value is -1.08. The van der Waals surface area contributed by atoms with Crippen LogP contribution < -0.4 is 15.5 Å². The number of piperazine rings is 1. The van der Waals surface area contributed by atoms with Crippen molar-refractivity contribution in [2.24, 2.45) is 0 Å². The quantitative estimate of drug-likeness (QED) is 0.802. The lowest BCUT2D eigenvalue weighted by atomic mass is 10.1. The summed E-state index contributed by atoms with van der Waals surface area (Å²) in [5.41, 5.74) is 1.04. The molecule has 0 spiro atoms. The van der Waals surface area contributed by atoms with Gasteiger partial charge in [0.2, 0.25) is 5.91 Å². The number of nitrogens with zero attached hydrogens (tertiary/aromatic N) is 2.